The van der Waals surface area contributed by atoms with Crippen molar-refractivity contribution in [2.24, 2.45) is 0 Å². The number of piperazine rings is 1. The Bertz CT molecular complexity index is 435. The lowest BCUT2D eigenvalue weighted by atomic mass is 10.1. The van der Waals surface area contributed by atoms with Crippen LogP contribution >= 0.6 is 0 Å². The maximum absolute atomic E-state index is 12.9. The van der Waals surface area contributed by atoms with Crippen LogP contribution in [0.3, 0.4) is 0 Å². The summed E-state index contributed by atoms with van der Waals surface area (Å²) in [6, 6.07) is 5.96. The van der Waals surface area contributed by atoms with Crippen LogP contribution in [-0.2, 0) is 4.79 Å². The van der Waals surface area contributed by atoms with Crippen molar-refractivity contribution in [1.29, 1.82) is 0 Å². The second-order valence-corrected chi connectivity index (χ2v) is 4.78. The molecule has 0 bridgehead atoms. The van der Waals surface area contributed by atoms with Gasteiger partial charge in [-0.15, -0.1) is 0 Å². The molecule has 1 unspecified atom stereocenters. The minimum atomic E-state index is -0.281. The van der Waals surface area contributed by atoms with E-state index in [-0.39, 0.29) is 17.8 Å². The number of rotatable bonds is 4. The molecule has 1 heterocycles. The van der Waals surface area contributed by atoms with Crippen LogP contribution in [0.5, 0.6) is 0 Å². The summed E-state index contributed by atoms with van der Waals surface area (Å²) >= 11 is 0. The van der Waals surface area contributed by atoms with Crippen LogP contribution in [0.25, 0.3) is 0 Å². The molecule has 1 fully saturated rings. The normalized spacial score (nSPS) is 20.9. The number of likely N-dealkylation sites (N-methyl/N-ethyl adjacent to an activating group) is 1. The molecule has 0 aromatic heterocycles. The van der Waals surface area contributed by atoms with E-state index in [4.69, 9.17) is 0 Å². The van der Waals surface area contributed by atoms with Gasteiger partial charge in [0.25, 0.3) is 0 Å². The fraction of sp³-hybridized carbons (Fsp3) is 0.500. The molecule has 1 amide bonds. The van der Waals surface area contributed by atoms with Gasteiger partial charge in [0.1, 0.15) is 5.82 Å². The zero-order valence-corrected chi connectivity index (χ0v) is 11.4. The molecule has 1 atom stereocenters. The molecule has 0 saturated carbocycles. The van der Waals surface area contributed by atoms with Crippen molar-refractivity contribution in [1.82, 2.24) is 10.2 Å². The van der Waals surface area contributed by atoms with E-state index in [1.807, 2.05) is 14.0 Å². The number of hydrogen-bond donors (Lipinski definition) is 1. The molecule has 0 aliphatic carbocycles. The highest BCUT2D eigenvalue weighted by Gasteiger charge is 2.31. The Labute approximate surface area is 113 Å². The SMILES string of the molecule is CNCCN1CCN(c2ccc(F)cc2)C(=O)C1C. The minimum absolute atomic E-state index is 0.0777. The lowest BCUT2D eigenvalue weighted by Gasteiger charge is -2.39. The van der Waals surface area contributed by atoms with Gasteiger partial charge in [0.15, 0.2) is 0 Å². The van der Waals surface area contributed by atoms with E-state index in [9.17, 15) is 9.18 Å². The quantitative estimate of drug-likeness (QED) is 0.885. The standard InChI is InChI=1S/C14H20FN3O/c1-11-14(19)18(10-9-17(11)8-7-16-2)13-5-3-12(15)4-6-13/h3-6,11,16H,7-10H2,1-2H3. The molecule has 5 heteroatoms. The van der Waals surface area contributed by atoms with Gasteiger partial charge in [-0.3, -0.25) is 9.69 Å². The van der Waals surface area contributed by atoms with Crippen molar-refractivity contribution in [3.63, 3.8) is 0 Å². The molecule has 0 spiro atoms. The number of halogens is 1. The maximum atomic E-state index is 12.9. The number of nitrogens with one attached hydrogen (secondary N) is 1. The van der Waals surface area contributed by atoms with Crippen molar-refractivity contribution in [3.8, 4) is 0 Å². The summed E-state index contributed by atoms with van der Waals surface area (Å²) in [5.74, 6) is -0.203. The average Bonchev–Trinajstić information content (AvgIpc) is 2.42. The van der Waals surface area contributed by atoms with E-state index >= 15 is 0 Å². The Balaban J connectivity index is 2.06. The van der Waals surface area contributed by atoms with Gasteiger partial charge in [0, 0.05) is 31.9 Å². The van der Waals surface area contributed by atoms with Crippen molar-refractivity contribution >= 4 is 11.6 Å². The summed E-state index contributed by atoms with van der Waals surface area (Å²) in [5, 5.41) is 3.09. The van der Waals surface area contributed by atoms with Gasteiger partial charge in [-0.1, -0.05) is 0 Å². The highest BCUT2D eigenvalue weighted by molar-refractivity contribution is 5.97. The highest BCUT2D eigenvalue weighted by atomic mass is 19.1. The molecule has 19 heavy (non-hydrogen) atoms. The van der Waals surface area contributed by atoms with Gasteiger partial charge < -0.3 is 10.2 Å². The molecular formula is C14H20FN3O. The summed E-state index contributed by atoms with van der Waals surface area (Å²) < 4.78 is 12.9. The second-order valence-electron chi connectivity index (χ2n) is 4.78. The van der Waals surface area contributed by atoms with E-state index < -0.39 is 0 Å². The number of hydrogen-bond acceptors (Lipinski definition) is 3. The van der Waals surface area contributed by atoms with E-state index in [2.05, 4.69) is 10.2 Å². The first-order valence-electron chi connectivity index (χ1n) is 6.59. The van der Waals surface area contributed by atoms with Crippen LogP contribution in [0.1, 0.15) is 6.92 Å². The fourth-order valence-corrected chi connectivity index (χ4v) is 2.35. The first kappa shape index (κ1) is 14.0. The van der Waals surface area contributed by atoms with Crippen LogP contribution in [0.4, 0.5) is 10.1 Å². The van der Waals surface area contributed by atoms with Crippen LogP contribution < -0.4 is 10.2 Å². The van der Waals surface area contributed by atoms with Gasteiger partial charge in [-0.05, 0) is 38.2 Å². The zero-order valence-electron chi connectivity index (χ0n) is 11.4. The van der Waals surface area contributed by atoms with Gasteiger partial charge >= 0.3 is 0 Å². The number of amides is 1. The molecule has 1 aliphatic rings. The summed E-state index contributed by atoms with van der Waals surface area (Å²) in [6.07, 6.45) is 0. The average molecular weight is 265 g/mol. The van der Waals surface area contributed by atoms with Gasteiger partial charge in [0.05, 0.1) is 6.04 Å². The lowest BCUT2D eigenvalue weighted by molar-refractivity contribution is -0.125. The van der Waals surface area contributed by atoms with Gasteiger partial charge in [-0.2, -0.15) is 0 Å². The first-order chi connectivity index (χ1) is 9.13. The Morgan fingerprint density at radius 3 is 2.63 bits per heavy atom. The Kier molecular flexibility index (Phi) is 4.50. The topological polar surface area (TPSA) is 35.6 Å². The fourth-order valence-electron chi connectivity index (χ4n) is 2.35. The number of anilines is 1. The molecular weight excluding hydrogens is 245 g/mol. The third-order valence-corrected chi connectivity index (χ3v) is 3.57. The predicted molar refractivity (Wildman–Crippen MR) is 73.7 cm³/mol. The zero-order chi connectivity index (χ0) is 13.8. The molecule has 1 N–H and O–H groups in total. The van der Waals surface area contributed by atoms with Gasteiger partial charge in [-0.25, -0.2) is 4.39 Å². The largest absolute Gasteiger partial charge is 0.318 e. The van der Waals surface area contributed by atoms with Gasteiger partial charge in [0.2, 0.25) is 5.91 Å². The number of carbonyl (C=O) groups excluding carboxylic acids is 1. The second kappa shape index (κ2) is 6.12. The van der Waals surface area contributed by atoms with Crippen LogP contribution in [0.15, 0.2) is 24.3 Å². The molecule has 1 saturated heterocycles. The molecule has 1 aromatic rings. The van der Waals surface area contributed by atoms with E-state index in [0.29, 0.717) is 6.54 Å². The molecule has 2 rings (SSSR count). The van der Waals surface area contributed by atoms with Crippen molar-refractivity contribution in [3.05, 3.63) is 30.1 Å². The van der Waals surface area contributed by atoms with Crippen molar-refractivity contribution in [2.45, 2.75) is 13.0 Å². The molecule has 104 valence electrons. The number of nitrogens with zero attached hydrogens (tertiary/aromatic N) is 2. The Morgan fingerprint density at radius 1 is 1.32 bits per heavy atom. The monoisotopic (exact) mass is 265 g/mol. The summed E-state index contributed by atoms with van der Waals surface area (Å²) in [4.78, 5) is 16.3. The van der Waals surface area contributed by atoms with Crippen molar-refractivity contribution < 1.29 is 9.18 Å². The predicted octanol–water partition coefficient (Wildman–Crippen LogP) is 1.08. The number of benzene rings is 1. The molecule has 1 aromatic carbocycles. The van der Waals surface area contributed by atoms with Crippen molar-refractivity contribution in [2.75, 3.05) is 38.1 Å². The highest BCUT2D eigenvalue weighted by Crippen LogP contribution is 2.20. The van der Waals surface area contributed by atoms with Crippen LogP contribution in [0.2, 0.25) is 0 Å². The minimum Gasteiger partial charge on any atom is -0.318 e. The van der Waals surface area contributed by atoms with E-state index in [1.54, 1.807) is 17.0 Å². The van der Waals surface area contributed by atoms with E-state index in [0.717, 1.165) is 25.3 Å². The summed E-state index contributed by atoms with van der Waals surface area (Å²) in [7, 11) is 1.90. The third kappa shape index (κ3) is 3.11. The number of carbonyl (C=O) groups is 1. The van der Waals surface area contributed by atoms with E-state index in [1.165, 1.54) is 12.1 Å². The molecule has 4 nitrogen and oxygen atoms in total. The first-order valence-corrected chi connectivity index (χ1v) is 6.59. The third-order valence-electron chi connectivity index (χ3n) is 3.57. The molecule has 1 aliphatic heterocycles. The maximum Gasteiger partial charge on any atom is 0.244 e. The molecule has 0 radical (unpaired) electrons. The lowest BCUT2D eigenvalue weighted by Crippen LogP contribution is -2.57. The summed E-state index contributed by atoms with van der Waals surface area (Å²) in [6.45, 7) is 5.15. The summed E-state index contributed by atoms with van der Waals surface area (Å²) in [5.41, 5.74) is 0.770. The smallest absolute Gasteiger partial charge is 0.244 e. The Morgan fingerprint density at radius 2 is 2.00 bits per heavy atom. The van der Waals surface area contributed by atoms with Crippen LogP contribution in [-0.4, -0.2) is 50.1 Å². The Hall–Kier alpha value is -1.46. The van der Waals surface area contributed by atoms with Crippen LogP contribution in [0, 0.1) is 5.82 Å².